The van der Waals surface area contributed by atoms with Gasteiger partial charge in [-0.1, -0.05) is 39.5 Å². The molecule has 2 rings (SSSR count). The summed E-state index contributed by atoms with van der Waals surface area (Å²) in [5.41, 5.74) is 0. The SMILES string of the molecule is CCCN1C(=O)CC(NCCC2CCC(C)CC2)C1=O. The molecule has 2 amide bonds. The molecule has 1 saturated carbocycles. The minimum atomic E-state index is -0.267. The van der Waals surface area contributed by atoms with Crippen molar-refractivity contribution >= 4 is 11.8 Å². The second kappa shape index (κ2) is 7.21. The monoisotopic (exact) mass is 280 g/mol. The Morgan fingerprint density at radius 3 is 2.55 bits per heavy atom. The Morgan fingerprint density at radius 1 is 1.20 bits per heavy atom. The van der Waals surface area contributed by atoms with Gasteiger partial charge in [0, 0.05) is 6.54 Å². The van der Waals surface area contributed by atoms with Crippen molar-refractivity contribution in [2.45, 2.75) is 64.8 Å². The zero-order valence-corrected chi connectivity index (χ0v) is 12.9. The van der Waals surface area contributed by atoms with Crippen LogP contribution >= 0.6 is 0 Å². The fraction of sp³-hybridized carbons (Fsp3) is 0.875. The molecule has 0 radical (unpaired) electrons. The molecule has 114 valence electrons. The van der Waals surface area contributed by atoms with Gasteiger partial charge >= 0.3 is 0 Å². The summed E-state index contributed by atoms with van der Waals surface area (Å²) in [5, 5.41) is 3.30. The van der Waals surface area contributed by atoms with Gasteiger partial charge in [-0.25, -0.2) is 0 Å². The van der Waals surface area contributed by atoms with Crippen LogP contribution in [0, 0.1) is 11.8 Å². The van der Waals surface area contributed by atoms with Crippen LogP contribution in [0.2, 0.25) is 0 Å². The Labute approximate surface area is 122 Å². The lowest BCUT2D eigenvalue weighted by Crippen LogP contribution is -2.39. The third-order valence-corrected chi connectivity index (χ3v) is 4.77. The van der Waals surface area contributed by atoms with Crippen LogP contribution in [0.5, 0.6) is 0 Å². The second-order valence-corrected chi connectivity index (χ2v) is 6.51. The highest BCUT2D eigenvalue weighted by Crippen LogP contribution is 2.30. The van der Waals surface area contributed by atoms with Crippen molar-refractivity contribution < 1.29 is 9.59 Å². The van der Waals surface area contributed by atoms with Gasteiger partial charge in [0.25, 0.3) is 0 Å². The molecule has 1 unspecified atom stereocenters. The van der Waals surface area contributed by atoms with E-state index in [2.05, 4.69) is 12.2 Å². The van der Waals surface area contributed by atoms with Crippen LogP contribution in [0.4, 0.5) is 0 Å². The Balaban J connectivity index is 1.69. The van der Waals surface area contributed by atoms with E-state index >= 15 is 0 Å². The highest BCUT2D eigenvalue weighted by atomic mass is 16.2. The van der Waals surface area contributed by atoms with Crippen LogP contribution in [-0.2, 0) is 9.59 Å². The third-order valence-electron chi connectivity index (χ3n) is 4.77. The number of carbonyl (C=O) groups is 2. The van der Waals surface area contributed by atoms with E-state index in [1.165, 1.54) is 30.6 Å². The van der Waals surface area contributed by atoms with Gasteiger partial charge in [-0.05, 0) is 31.2 Å². The van der Waals surface area contributed by atoms with E-state index in [9.17, 15) is 9.59 Å². The van der Waals surface area contributed by atoms with Crippen molar-refractivity contribution in [3.8, 4) is 0 Å². The summed E-state index contributed by atoms with van der Waals surface area (Å²) in [4.78, 5) is 25.2. The maximum absolute atomic E-state index is 12.1. The molecule has 0 aromatic heterocycles. The first-order chi connectivity index (χ1) is 9.61. The first-order valence-electron chi connectivity index (χ1n) is 8.19. The Hall–Kier alpha value is -0.900. The molecule has 1 N–H and O–H groups in total. The van der Waals surface area contributed by atoms with E-state index < -0.39 is 0 Å². The van der Waals surface area contributed by atoms with Crippen molar-refractivity contribution in [1.82, 2.24) is 10.2 Å². The normalized spacial score (nSPS) is 31.1. The van der Waals surface area contributed by atoms with Crippen LogP contribution in [0.15, 0.2) is 0 Å². The van der Waals surface area contributed by atoms with Crippen molar-refractivity contribution in [2.75, 3.05) is 13.1 Å². The van der Waals surface area contributed by atoms with Crippen LogP contribution in [0.25, 0.3) is 0 Å². The molecule has 0 aromatic rings. The predicted octanol–water partition coefficient (Wildman–Crippen LogP) is 2.33. The highest BCUT2D eigenvalue weighted by Gasteiger charge is 2.37. The summed E-state index contributed by atoms with van der Waals surface area (Å²) in [6, 6.07) is -0.267. The summed E-state index contributed by atoms with van der Waals surface area (Å²) in [5.74, 6) is 1.66. The fourth-order valence-corrected chi connectivity index (χ4v) is 3.38. The Bertz CT molecular complexity index is 348. The van der Waals surface area contributed by atoms with Gasteiger partial charge in [-0.3, -0.25) is 14.5 Å². The van der Waals surface area contributed by atoms with E-state index in [0.29, 0.717) is 13.0 Å². The van der Waals surface area contributed by atoms with Crippen LogP contribution in [0.1, 0.15) is 58.8 Å². The average Bonchev–Trinajstić information content (AvgIpc) is 2.69. The van der Waals surface area contributed by atoms with Gasteiger partial charge in [0.1, 0.15) is 0 Å². The first-order valence-corrected chi connectivity index (χ1v) is 8.19. The number of hydrogen-bond acceptors (Lipinski definition) is 3. The molecule has 2 fully saturated rings. The largest absolute Gasteiger partial charge is 0.305 e. The van der Waals surface area contributed by atoms with Crippen molar-refractivity contribution in [3.05, 3.63) is 0 Å². The van der Waals surface area contributed by atoms with Gasteiger partial charge in [0.2, 0.25) is 11.8 Å². The molecule has 1 aliphatic heterocycles. The summed E-state index contributed by atoms with van der Waals surface area (Å²) in [7, 11) is 0. The zero-order chi connectivity index (χ0) is 14.5. The van der Waals surface area contributed by atoms with E-state index in [1.807, 2.05) is 6.92 Å². The minimum Gasteiger partial charge on any atom is -0.305 e. The lowest BCUT2D eigenvalue weighted by atomic mass is 9.81. The maximum Gasteiger partial charge on any atom is 0.246 e. The molecule has 0 bridgehead atoms. The van der Waals surface area contributed by atoms with E-state index in [4.69, 9.17) is 0 Å². The molecule has 0 spiro atoms. The summed E-state index contributed by atoms with van der Waals surface area (Å²) in [6.07, 6.45) is 7.65. The number of nitrogens with one attached hydrogen (secondary N) is 1. The molecule has 20 heavy (non-hydrogen) atoms. The number of rotatable bonds is 6. The van der Waals surface area contributed by atoms with Crippen molar-refractivity contribution in [2.24, 2.45) is 11.8 Å². The quantitative estimate of drug-likeness (QED) is 0.760. The van der Waals surface area contributed by atoms with E-state index in [0.717, 1.165) is 31.2 Å². The smallest absolute Gasteiger partial charge is 0.246 e. The maximum atomic E-state index is 12.1. The summed E-state index contributed by atoms with van der Waals surface area (Å²) >= 11 is 0. The van der Waals surface area contributed by atoms with E-state index in [1.54, 1.807) is 0 Å². The fourth-order valence-electron chi connectivity index (χ4n) is 3.38. The molecule has 1 saturated heterocycles. The summed E-state index contributed by atoms with van der Waals surface area (Å²) < 4.78 is 0. The van der Waals surface area contributed by atoms with Crippen LogP contribution in [0.3, 0.4) is 0 Å². The predicted molar refractivity (Wildman–Crippen MR) is 79.2 cm³/mol. The summed E-state index contributed by atoms with van der Waals surface area (Å²) in [6.45, 7) is 5.75. The molecule has 4 nitrogen and oxygen atoms in total. The number of likely N-dealkylation sites (tertiary alicyclic amines) is 1. The van der Waals surface area contributed by atoms with Gasteiger partial charge in [-0.2, -0.15) is 0 Å². The highest BCUT2D eigenvalue weighted by molar-refractivity contribution is 6.05. The van der Waals surface area contributed by atoms with Crippen molar-refractivity contribution in [1.29, 1.82) is 0 Å². The molecule has 4 heteroatoms. The lowest BCUT2D eigenvalue weighted by Gasteiger charge is -2.26. The molecule has 2 aliphatic rings. The Morgan fingerprint density at radius 2 is 1.90 bits per heavy atom. The van der Waals surface area contributed by atoms with Crippen molar-refractivity contribution in [3.63, 3.8) is 0 Å². The average molecular weight is 280 g/mol. The number of hydrogen-bond donors (Lipinski definition) is 1. The molecule has 1 atom stereocenters. The first kappa shape index (κ1) is 15.5. The Kier molecular flexibility index (Phi) is 5.58. The van der Waals surface area contributed by atoms with Gasteiger partial charge in [0.15, 0.2) is 0 Å². The topological polar surface area (TPSA) is 49.4 Å². The molecule has 1 aliphatic carbocycles. The lowest BCUT2D eigenvalue weighted by molar-refractivity contribution is -0.138. The number of carbonyl (C=O) groups excluding carboxylic acids is 2. The standard InChI is InChI=1S/C16H28N2O2/c1-3-10-18-15(19)11-14(16(18)20)17-9-8-13-6-4-12(2)5-7-13/h12-14,17H,3-11H2,1-2H3. The third kappa shape index (κ3) is 3.81. The van der Waals surface area contributed by atoms with Gasteiger partial charge in [0.05, 0.1) is 12.5 Å². The second-order valence-electron chi connectivity index (χ2n) is 6.51. The zero-order valence-electron chi connectivity index (χ0n) is 12.9. The molecule has 0 aromatic carbocycles. The van der Waals surface area contributed by atoms with Gasteiger partial charge in [-0.15, -0.1) is 0 Å². The van der Waals surface area contributed by atoms with Crippen LogP contribution in [-0.4, -0.2) is 35.8 Å². The molecular formula is C16H28N2O2. The van der Waals surface area contributed by atoms with E-state index in [-0.39, 0.29) is 17.9 Å². The number of imide groups is 1. The van der Waals surface area contributed by atoms with Gasteiger partial charge < -0.3 is 5.32 Å². The van der Waals surface area contributed by atoms with Crippen LogP contribution < -0.4 is 5.32 Å². The molecular weight excluding hydrogens is 252 g/mol. The number of nitrogens with zero attached hydrogens (tertiary/aromatic N) is 1. The number of amides is 2. The molecule has 1 heterocycles. The minimum absolute atomic E-state index is 0.0131.